The van der Waals surface area contributed by atoms with Crippen LogP contribution in [0.3, 0.4) is 0 Å². The normalized spacial score (nSPS) is 23.3. The summed E-state index contributed by atoms with van der Waals surface area (Å²) in [5.41, 5.74) is 0.710. The smallest absolute Gasteiger partial charge is 0.304 e. The average molecular weight is 328 g/mol. The third-order valence-electron chi connectivity index (χ3n) is 6.65. The minimum absolute atomic E-state index is 0.0380. The van der Waals surface area contributed by atoms with Crippen molar-refractivity contribution in [3.63, 3.8) is 0 Å². The Bertz CT molecular complexity index is 1100. The fourth-order valence-electron chi connectivity index (χ4n) is 4.33. The third-order valence-corrected chi connectivity index (χ3v) is 6.65. The monoisotopic (exact) mass is 328 g/mol. The van der Waals surface area contributed by atoms with E-state index in [1.807, 2.05) is 0 Å². The maximum atomic E-state index is 5.94. The van der Waals surface area contributed by atoms with E-state index in [0.29, 0.717) is 0 Å². The largest absolute Gasteiger partial charge is 0.346 e. The molecule has 0 amide bonds. The first-order valence-corrected chi connectivity index (χ1v) is 8.95. The van der Waals surface area contributed by atoms with Crippen molar-refractivity contribution < 1.29 is 9.69 Å². The Labute approximate surface area is 148 Å². The van der Waals surface area contributed by atoms with Gasteiger partial charge in [-0.3, -0.25) is 0 Å². The summed E-state index contributed by atoms with van der Waals surface area (Å²) in [7, 11) is 0. The van der Waals surface area contributed by atoms with E-state index in [0.717, 1.165) is 0 Å². The fraction of sp³-hybridized carbons (Fsp3) is 0.273. The first kappa shape index (κ1) is 15.2. The highest BCUT2D eigenvalue weighted by Gasteiger charge is 2.57. The second kappa shape index (κ2) is 4.75. The molecule has 0 saturated carbocycles. The lowest BCUT2D eigenvalue weighted by molar-refractivity contribution is -0.273. The maximum absolute atomic E-state index is 5.94. The molecule has 124 valence electrons. The Hall–Kier alpha value is -2.10. The lowest BCUT2D eigenvalue weighted by Gasteiger charge is -2.36. The van der Waals surface area contributed by atoms with E-state index in [4.69, 9.17) is 9.69 Å². The van der Waals surface area contributed by atoms with Crippen molar-refractivity contribution >= 4 is 39.2 Å². The summed E-state index contributed by atoms with van der Waals surface area (Å²) in [5, 5.41) is 7.64. The number of benzene rings is 4. The van der Waals surface area contributed by atoms with Gasteiger partial charge in [0.15, 0.2) is 0 Å². The molecule has 4 aromatic carbocycles. The molecule has 1 atom stereocenters. The summed E-state index contributed by atoms with van der Waals surface area (Å²) in [6.45, 7) is 8.73. The Morgan fingerprint density at radius 3 is 2.00 bits per heavy atom. The first-order valence-electron chi connectivity index (χ1n) is 8.95. The van der Waals surface area contributed by atoms with Gasteiger partial charge in [0, 0.05) is 5.31 Å². The molecule has 1 fully saturated rings. The molecule has 1 unspecified atom stereocenters. The van der Waals surface area contributed by atoms with Gasteiger partial charge in [-0.2, -0.15) is 0 Å². The molecule has 3 heteroatoms. The van der Waals surface area contributed by atoms with Gasteiger partial charge in [0.05, 0.1) is 0 Å². The van der Waals surface area contributed by atoms with Gasteiger partial charge >= 0.3 is 6.92 Å². The zero-order chi connectivity index (χ0) is 17.4. The van der Waals surface area contributed by atoms with Gasteiger partial charge < -0.3 is 4.81 Å². The molecule has 1 saturated heterocycles. The number of rotatable bonds is 1. The van der Waals surface area contributed by atoms with Gasteiger partial charge in [0.2, 0.25) is 0 Å². The van der Waals surface area contributed by atoms with Gasteiger partial charge in [-0.25, -0.2) is 4.89 Å². The molecule has 0 radical (unpaired) electrons. The fourth-order valence-corrected chi connectivity index (χ4v) is 4.33. The van der Waals surface area contributed by atoms with Crippen LogP contribution in [0.4, 0.5) is 0 Å². The van der Waals surface area contributed by atoms with Crippen LogP contribution in [0.5, 0.6) is 0 Å². The molecule has 0 bridgehead atoms. The highest BCUT2D eigenvalue weighted by atomic mass is 17.2. The first-order chi connectivity index (χ1) is 11.9. The van der Waals surface area contributed by atoms with Gasteiger partial charge in [-0.05, 0) is 44.8 Å². The molecule has 25 heavy (non-hydrogen) atoms. The second-order valence-electron chi connectivity index (χ2n) is 8.05. The van der Waals surface area contributed by atoms with Crippen molar-refractivity contribution in [2.24, 2.45) is 0 Å². The topological polar surface area (TPSA) is 18.5 Å². The summed E-state index contributed by atoms with van der Waals surface area (Å²) >= 11 is 0. The van der Waals surface area contributed by atoms with Crippen LogP contribution >= 0.6 is 0 Å². The van der Waals surface area contributed by atoms with E-state index in [9.17, 15) is 0 Å². The lowest BCUT2D eigenvalue weighted by Crippen LogP contribution is -2.36. The van der Waals surface area contributed by atoms with Crippen molar-refractivity contribution in [1.29, 1.82) is 0 Å². The number of hydrogen-bond acceptors (Lipinski definition) is 2. The molecule has 4 aromatic rings. The van der Waals surface area contributed by atoms with E-state index in [1.54, 1.807) is 0 Å². The van der Waals surface area contributed by atoms with Gasteiger partial charge in [-0.15, -0.1) is 0 Å². The van der Waals surface area contributed by atoms with Crippen LogP contribution < -0.4 is 0 Å². The minimum Gasteiger partial charge on any atom is -0.304 e. The quantitative estimate of drug-likeness (QED) is 0.237. The molecule has 1 aliphatic heterocycles. The molecular weight excluding hydrogens is 307 g/mol. The van der Waals surface area contributed by atoms with Gasteiger partial charge in [0.1, 0.15) is 5.60 Å². The van der Waals surface area contributed by atoms with Crippen LogP contribution in [0.25, 0.3) is 32.3 Å². The van der Waals surface area contributed by atoms with Gasteiger partial charge in [0.25, 0.3) is 0 Å². The lowest BCUT2D eigenvalue weighted by atomic mass is 9.43. The molecule has 2 nitrogen and oxygen atoms in total. The number of hydrogen-bond donors (Lipinski definition) is 0. The molecular formula is C22H21BO2. The summed E-state index contributed by atoms with van der Waals surface area (Å²) in [4.78, 5) is 11.6. The second-order valence-corrected chi connectivity index (χ2v) is 8.05. The van der Waals surface area contributed by atoms with Crippen molar-refractivity contribution in [3.8, 4) is 0 Å². The Morgan fingerprint density at radius 2 is 1.36 bits per heavy atom. The molecule has 5 rings (SSSR count). The predicted molar refractivity (Wildman–Crippen MR) is 105 cm³/mol. The molecule has 0 aromatic heterocycles. The summed E-state index contributed by atoms with van der Waals surface area (Å²) in [6, 6.07) is 19.8. The molecule has 0 aliphatic carbocycles. The molecule has 0 N–H and O–H groups in total. The molecule has 1 heterocycles. The van der Waals surface area contributed by atoms with Gasteiger partial charge in [-0.1, -0.05) is 75.3 Å². The summed E-state index contributed by atoms with van der Waals surface area (Å²) in [6.07, 6.45) is 0. The standard InChI is InChI=1S/C22H21BO2/c1-21(2)22(3,24-25-23(21)4)18-13-11-16-9-8-14-6-5-7-15-10-12-17(18)20(16)19(14)15/h5-13H,1-4H3. The van der Waals surface area contributed by atoms with Crippen LogP contribution in [0.2, 0.25) is 12.1 Å². The highest BCUT2D eigenvalue weighted by molar-refractivity contribution is 6.54. The predicted octanol–water partition coefficient (Wildman–Crippen LogP) is 6.16. The van der Waals surface area contributed by atoms with Crippen LogP contribution in [-0.4, -0.2) is 6.92 Å². The average Bonchev–Trinajstić information content (AvgIpc) is 2.83. The van der Waals surface area contributed by atoms with E-state index in [-0.39, 0.29) is 12.2 Å². The Morgan fingerprint density at radius 1 is 0.760 bits per heavy atom. The molecule has 1 aliphatic rings. The summed E-state index contributed by atoms with van der Waals surface area (Å²) in [5.74, 6) is 0. The van der Waals surface area contributed by atoms with Crippen molar-refractivity contribution in [3.05, 3.63) is 60.2 Å². The van der Waals surface area contributed by atoms with Crippen molar-refractivity contribution in [2.45, 2.75) is 38.5 Å². The molecule has 0 spiro atoms. The minimum atomic E-state index is -0.491. The zero-order valence-electron chi connectivity index (χ0n) is 15.1. The zero-order valence-corrected chi connectivity index (χ0v) is 15.1. The van der Waals surface area contributed by atoms with E-state index >= 15 is 0 Å². The van der Waals surface area contributed by atoms with Crippen LogP contribution in [0, 0.1) is 0 Å². The van der Waals surface area contributed by atoms with E-state index < -0.39 is 5.60 Å². The highest BCUT2D eigenvalue weighted by Crippen LogP contribution is 2.57. The Balaban J connectivity index is 1.92. The van der Waals surface area contributed by atoms with Crippen LogP contribution in [0.1, 0.15) is 26.3 Å². The van der Waals surface area contributed by atoms with Crippen LogP contribution in [0.15, 0.2) is 54.6 Å². The summed E-state index contributed by atoms with van der Waals surface area (Å²) < 4.78 is 0. The maximum Gasteiger partial charge on any atom is 0.346 e. The SMILES string of the molecule is CB1OOC(C)(c2ccc3ccc4cccc5ccc2c3c45)C1(C)C. The third kappa shape index (κ3) is 1.78. The van der Waals surface area contributed by atoms with Crippen molar-refractivity contribution in [1.82, 2.24) is 0 Å². The Kier molecular flexibility index (Phi) is 2.88. The van der Waals surface area contributed by atoms with Crippen molar-refractivity contribution in [2.75, 3.05) is 0 Å². The van der Waals surface area contributed by atoms with Crippen LogP contribution in [-0.2, 0) is 15.3 Å². The van der Waals surface area contributed by atoms with E-state index in [1.165, 1.54) is 37.9 Å². The van der Waals surface area contributed by atoms with E-state index in [2.05, 4.69) is 82.2 Å².